The number of hydrogen-bond donors (Lipinski definition) is 1. The van der Waals surface area contributed by atoms with Crippen LogP contribution in [-0.2, 0) is 0 Å². The highest BCUT2D eigenvalue weighted by Gasteiger charge is 2.38. The number of nitrogens with one attached hydrogen (secondary N) is 1. The fourth-order valence-electron chi connectivity index (χ4n) is 3.04. The Morgan fingerprint density at radius 3 is 2.75 bits per heavy atom. The van der Waals surface area contributed by atoms with Crippen molar-refractivity contribution in [2.24, 2.45) is 5.41 Å². The second kappa shape index (κ2) is 5.57. The minimum absolute atomic E-state index is 0.177. The average Bonchev–Trinajstić information content (AvgIpc) is 3.31. The molecule has 20 heavy (non-hydrogen) atoms. The zero-order valence-corrected chi connectivity index (χ0v) is 12.2. The molecule has 3 nitrogen and oxygen atoms in total. The van der Waals surface area contributed by atoms with Gasteiger partial charge in [-0.15, -0.1) is 0 Å². The molecule has 1 aliphatic carbocycles. The van der Waals surface area contributed by atoms with Crippen LogP contribution in [0.15, 0.2) is 24.3 Å². The molecule has 0 amide bonds. The molecule has 1 N–H and O–H groups in total. The first kappa shape index (κ1) is 13.6. The molecule has 1 saturated heterocycles. The van der Waals surface area contributed by atoms with Crippen molar-refractivity contribution >= 4 is 5.78 Å². The van der Waals surface area contributed by atoms with E-state index in [0.29, 0.717) is 11.9 Å². The van der Waals surface area contributed by atoms with E-state index in [2.05, 4.69) is 12.2 Å². The molecule has 3 rings (SSSR count). The largest absolute Gasteiger partial charge is 0.490 e. The van der Waals surface area contributed by atoms with E-state index in [1.807, 2.05) is 24.3 Å². The summed E-state index contributed by atoms with van der Waals surface area (Å²) in [7, 11) is 0. The first-order valence-corrected chi connectivity index (χ1v) is 7.76. The Hall–Kier alpha value is -1.35. The third-order valence-electron chi connectivity index (χ3n) is 4.64. The lowest BCUT2D eigenvalue weighted by Gasteiger charge is -2.35. The van der Waals surface area contributed by atoms with Gasteiger partial charge in [-0.25, -0.2) is 0 Å². The molecule has 2 fully saturated rings. The van der Waals surface area contributed by atoms with Gasteiger partial charge in [0.2, 0.25) is 0 Å². The van der Waals surface area contributed by atoms with Gasteiger partial charge in [-0.2, -0.15) is 0 Å². The van der Waals surface area contributed by atoms with E-state index in [1.165, 1.54) is 0 Å². The molecule has 0 aromatic heterocycles. The summed E-state index contributed by atoms with van der Waals surface area (Å²) in [5.74, 6) is 1.14. The van der Waals surface area contributed by atoms with Crippen LogP contribution in [0.2, 0.25) is 0 Å². The van der Waals surface area contributed by atoms with E-state index < -0.39 is 0 Å². The number of rotatable bonds is 5. The predicted molar refractivity (Wildman–Crippen MR) is 79.3 cm³/mol. The van der Waals surface area contributed by atoms with Crippen molar-refractivity contribution in [3.8, 4) is 5.75 Å². The fraction of sp³-hybridized carbons (Fsp3) is 0.588. The molecule has 0 unspecified atom stereocenters. The smallest absolute Gasteiger partial charge is 0.169 e. The Bertz CT molecular complexity index is 488. The maximum atomic E-state index is 12.9. The van der Waals surface area contributed by atoms with Crippen LogP contribution in [0.1, 0.15) is 49.4 Å². The van der Waals surface area contributed by atoms with E-state index in [1.54, 1.807) is 0 Å². The van der Waals surface area contributed by atoms with E-state index in [9.17, 15) is 4.79 Å². The number of hydrogen-bond acceptors (Lipinski definition) is 3. The van der Waals surface area contributed by atoms with Gasteiger partial charge in [0.05, 0.1) is 6.10 Å². The van der Waals surface area contributed by atoms with Gasteiger partial charge in [-0.3, -0.25) is 4.79 Å². The molecule has 2 aliphatic rings. The highest BCUT2D eigenvalue weighted by molar-refractivity contribution is 6.00. The Labute approximate surface area is 120 Å². The molecule has 1 aromatic rings. The van der Waals surface area contributed by atoms with Crippen molar-refractivity contribution < 1.29 is 9.53 Å². The molecule has 1 saturated carbocycles. The SMILES string of the molecule is CCC1(C(=O)c2cccc(OC3CC3)c2)CCNCC1. The summed E-state index contributed by atoms with van der Waals surface area (Å²) in [6.45, 7) is 4.02. The summed E-state index contributed by atoms with van der Waals surface area (Å²) in [4.78, 5) is 12.9. The Morgan fingerprint density at radius 1 is 1.35 bits per heavy atom. The number of piperidine rings is 1. The number of Topliss-reactive ketones (excluding diaryl/α,β-unsaturated/α-hetero) is 1. The summed E-state index contributed by atoms with van der Waals surface area (Å²) in [5.41, 5.74) is 0.635. The summed E-state index contributed by atoms with van der Waals surface area (Å²) >= 11 is 0. The first-order valence-electron chi connectivity index (χ1n) is 7.76. The Kier molecular flexibility index (Phi) is 3.79. The molecular formula is C17H23NO2. The van der Waals surface area contributed by atoms with Crippen LogP contribution in [0, 0.1) is 5.41 Å². The Morgan fingerprint density at radius 2 is 2.10 bits per heavy atom. The third-order valence-corrected chi connectivity index (χ3v) is 4.64. The number of ether oxygens (including phenoxy) is 1. The van der Waals surface area contributed by atoms with E-state index in [-0.39, 0.29) is 5.41 Å². The van der Waals surface area contributed by atoms with Gasteiger partial charge in [0, 0.05) is 11.0 Å². The maximum absolute atomic E-state index is 12.9. The van der Waals surface area contributed by atoms with Crippen molar-refractivity contribution in [1.29, 1.82) is 0 Å². The fourth-order valence-corrected chi connectivity index (χ4v) is 3.04. The van der Waals surface area contributed by atoms with E-state index >= 15 is 0 Å². The van der Waals surface area contributed by atoms with Gasteiger partial charge >= 0.3 is 0 Å². The van der Waals surface area contributed by atoms with Crippen LogP contribution >= 0.6 is 0 Å². The van der Waals surface area contributed by atoms with Crippen molar-refractivity contribution in [1.82, 2.24) is 5.32 Å². The normalized spacial score (nSPS) is 21.4. The summed E-state index contributed by atoms with van der Waals surface area (Å²) in [6.07, 6.45) is 5.46. The van der Waals surface area contributed by atoms with Gasteiger partial charge in [0.15, 0.2) is 5.78 Å². The summed E-state index contributed by atoms with van der Waals surface area (Å²) in [6, 6.07) is 7.76. The van der Waals surface area contributed by atoms with Gasteiger partial charge < -0.3 is 10.1 Å². The lowest BCUT2D eigenvalue weighted by Crippen LogP contribution is -2.41. The Balaban J connectivity index is 1.80. The average molecular weight is 273 g/mol. The maximum Gasteiger partial charge on any atom is 0.169 e. The summed E-state index contributed by atoms with van der Waals surface area (Å²) in [5, 5.41) is 3.35. The zero-order chi connectivity index (χ0) is 14.0. The standard InChI is InChI=1S/C17H23NO2/c1-2-17(8-10-18-11-9-17)16(19)13-4-3-5-15(12-13)20-14-6-7-14/h3-5,12,14,18H,2,6-11H2,1H3. The van der Waals surface area contributed by atoms with Gasteiger partial charge in [-0.05, 0) is 57.3 Å². The molecule has 108 valence electrons. The lowest BCUT2D eigenvalue weighted by molar-refractivity contribution is 0.0717. The van der Waals surface area contributed by atoms with Gasteiger partial charge in [0.1, 0.15) is 5.75 Å². The topological polar surface area (TPSA) is 38.3 Å². The molecule has 1 aliphatic heterocycles. The van der Waals surface area contributed by atoms with Gasteiger partial charge in [-0.1, -0.05) is 19.1 Å². The van der Waals surface area contributed by atoms with Crippen molar-refractivity contribution in [2.75, 3.05) is 13.1 Å². The van der Waals surface area contributed by atoms with Crippen LogP contribution in [0.5, 0.6) is 5.75 Å². The molecule has 0 atom stereocenters. The molecule has 1 aromatic carbocycles. The molecule has 0 spiro atoms. The number of carbonyl (C=O) groups excluding carboxylic acids is 1. The zero-order valence-electron chi connectivity index (χ0n) is 12.2. The highest BCUT2D eigenvalue weighted by atomic mass is 16.5. The second-order valence-electron chi connectivity index (χ2n) is 6.06. The highest BCUT2D eigenvalue weighted by Crippen LogP contribution is 2.37. The molecule has 0 bridgehead atoms. The predicted octanol–water partition coefficient (Wildman–Crippen LogP) is 3.19. The number of carbonyl (C=O) groups is 1. The summed E-state index contributed by atoms with van der Waals surface area (Å²) < 4.78 is 5.81. The van der Waals surface area contributed by atoms with Crippen molar-refractivity contribution in [2.45, 2.75) is 45.1 Å². The van der Waals surface area contributed by atoms with Crippen LogP contribution < -0.4 is 10.1 Å². The monoisotopic (exact) mass is 273 g/mol. The quantitative estimate of drug-likeness (QED) is 0.837. The second-order valence-corrected chi connectivity index (χ2v) is 6.06. The van der Waals surface area contributed by atoms with Crippen LogP contribution in [0.4, 0.5) is 0 Å². The minimum Gasteiger partial charge on any atom is -0.490 e. The number of ketones is 1. The molecule has 0 radical (unpaired) electrons. The minimum atomic E-state index is -0.177. The van der Waals surface area contributed by atoms with Crippen molar-refractivity contribution in [3.63, 3.8) is 0 Å². The van der Waals surface area contributed by atoms with Crippen LogP contribution in [-0.4, -0.2) is 25.0 Å². The lowest BCUT2D eigenvalue weighted by atomic mass is 9.71. The van der Waals surface area contributed by atoms with Crippen LogP contribution in [0.3, 0.4) is 0 Å². The molecular weight excluding hydrogens is 250 g/mol. The van der Waals surface area contributed by atoms with Crippen molar-refractivity contribution in [3.05, 3.63) is 29.8 Å². The van der Waals surface area contributed by atoms with Crippen LogP contribution in [0.25, 0.3) is 0 Å². The number of benzene rings is 1. The first-order chi connectivity index (χ1) is 9.73. The third kappa shape index (κ3) is 2.73. The van der Waals surface area contributed by atoms with E-state index in [4.69, 9.17) is 4.74 Å². The molecule has 1 heterocycles. The van der Waals surface area contributed by atoms with Gasteiger partial charge in [0.25, 0.3) is 0 Å². The van der Waals surface area contributed by atoms with E-state index in [0.717, 1.165) is 56.5 Å². The molecule has 3 heteroatoms.